The normalized spacial score (nSPS) is 19.1. The van der Waals surface area contributed by atoms with Crippen LogP contribution in [0.25, 0.3) is 0 Å². The van der Waals surface area contributed by atoms with Crippen molar-refractivity contribution in [2.75, 3.05) is 11.4 Å². The number of ether oxygens (including phenoxy) is 1. The Kier molecular flexibility index (Phi) is 6.29. The van der Waals surface area contributed by atoms with E-state index in [0.717, 1.165) is 5.56 Å². The van der Waals surface area contributed by atoms with Gasteiger partial charge in [0.15, 0.2) is 0 Å². The number of nitrogens with zero attached hydrogens (tertiary/aromatic N) is 2. The van der Waals surface area contributed by atoms with Crippen LogP contribution in [-0.2, 0) is 16.1 Å². The van der Waals surface area contributed by atoms with E-state index in [-0.39, 0.29) is 30.4 Å². The molecular weight excluding hydrogens is 425 g/mol. The van der Waals surface area contributed by atoms with Gasteiger partial charge >= 0.3 is 0 Å². The van der Waals surface area contributed by atoms with Crippen LogP contribution in [0.2, 0.25) is 10.0 Å². The second-order valence-electron chi connectivity index (χ2n) is 8.74. The molecule has 0 spiro atoms. The van der Waals surface area contributed by atoms with Gasteiger partial charge in [0, 0.05) is 47.5 Å². The number of nitrogens with one attached hydrogen (secondary N) is 1. The largest absolute Gasteiger partial charge is 0.472 e. The molecule has 2 aromatic rings. The Morgan fingerprint density at radius 2 is 1.90 bits per heavy atom. The summed E-state index contributed by atoms with van der Waals surface area (Å²) in [5, 5.41) is 3.81. The summed E-state index contributed by atoms with van der Waals surface area (Å²) >= 11 is 12.1. The van der Waals surface area contributed by atoms with Gasteiger partial charge in [0.1, 0.15) is 5.60 Å². The van der Waals surface area contributed by atoms with Crippen LogP contribution in [0.15, 0.2) is 36.5 Å². The fourth-order valence-electron chi connectivity index (χ4n) is 3.33. The Balaban J connectivity index is 1.67. The van der Waals surface area contributed by atoms with Crippen molar-refractivity contribution in [2.24, 2.45) is 5.41 Å². The molecule has 3 rings (SSSR count). The lowest BCUT2D eigenvalue weighted by molar-refractivity contribution is -0.131. The minimum absolute atomic E-state index is 0.109. The zero-order valence-electron chi connectivity index (χ0n) is 17.5. The first-order chi connectivity index (χ1) is 13.9. The van der Waals surface area contributed by atoms with Crippen molar-refractivity contribution in [3.05, 3.63) is 52.1 Å². The number of pyridine rings is 1. The topological polar surface area (TPSA) is 71.5 Å². The molecule has 0 aliphatic carbocycles. The smallest absolute Gasteiger partial charge is 0.228 e. The Labute approximate surface area is 186 Å². The summed E-state index contributed by atoms with van der Waals surface area (Å²) in [5.74, 6) is 0.165. The lowest BCUT2D eigenvalue weighted by Gasteiger charge is -2.24. The SMILES string of the molecule is CC(C)(C)Oc1cc(CNC(=O)C2(C)CC(=O)N(c3cc(Cl)cc(Cl)c3)C2)ccn1. The highest BCUT2D eigenvalue weighted by atomic mass is 35.5. The average Bonchev–Trinajstić information content (AvgIpc) is 2.93. The van der Waals surface area contributed by atoms with Crippen LogP contribution in [-0.4, -0.2) is 28.9 Å². The van der Waals surface area contributed by atoms with E-state index in [0.29, 0.717) is 28.2 Å². The number of halogens is 2. The zero-order valence-corrected chi connectivity index (χ0v) is 19.0. The van der Waals surface area contributed by atoms with Gasteiger partial charge in [-0.3, -0.25) is 9.59 Å². The summed E-state index contributed by atoms with van der Waals surface area (Å²) < 4.78 is 5.77. The Hall–Kier alpha value is -2.31. The third-order valence-corrected chi connectivity index (χ3v) is 5.16. The van der Waals surface area contributed by atoms with Gasteiger partial charge in [-0.2, -0.15) is 0 Å². The van der Waals surface area contributed by atoms with Crippen LogP contribution < -0.4 is 15.0 Å². The molecule has 1 saturated heterocycles. The monoisotopic (exact) mass is 449 g/mol. The first kappa shape index (κ1) is 22.4. The van der Waals surface area contributed by atoms with Gasteiger partial charge in [-0.25, -0.2) is 4.98 Å². The van der Waals surface area contributed by atoms with E-state index in [1.807, 2.05) is 26.8 Å². The molecule has 1 fully saturated rings. The molecule has 6 nitrogen and oxygen atoms in total. The Morgan fingerprint density at radius 1 is 1.23 bits per heavy atom. The highest BCUT2D eigenvalue weighted by molar-refractivity contribution is 6.35. The van der Waals surface area contributed by atoms with E-state index >= 15 is 0 Å². The average molecular weight is 450 g/mol. The number of amides is 2. The van der Waals surface area contributed by atoms with Gasteiger partial charge in [-0.15, -0.1) is 0 Å². The lowest BCUT2D eigenvalue weighted by Crippen LogP contribution is -2.40. The van der Waals surface area contributed by atoms with E-state index in [2.05, 4.69) is 10.3 Å². The van der Waals surface area contributed by atoms with Gasteiger partial charge in [-0.1, -0.05) is 23.2 Å². The van der Waals surface area contributed by atoms with Crippen molar-refractivity contribution in [3.63, 3.8) is 0 Å². The van der Waals surface area contributed by atoms with Crippen molar-refractivity contribution < 1.29 is 14.3 Å². The molecular formula is C22H25Cl2N3O3. The molecule has 1 atom stereocenters. The van der Waals surface area contributed by atoms with E-state index in [9.17, 15) is 9.59 Å². The maximum absolute atomic E-state index is 12.9. The quantitative estimate of drug-likeness (QED) is 0.722. The van der Waals surface area contributed by atoms with Crippen LogP contribution in [0, 0.1) is 5.41 Å². The van der Waals surface area contributed by atoms with Crippen molar-refractivity contribution >= 4 is 40.7 Å². The van der Waals surface area contributed by atoms with Crippen LogP contribution in [0.1, 0.15) is 39.7 Å². The first-order valence-electron chi connectivity index (χ1n) is 9.64. The highest BCUT2D eigenvalue weighted by Gasteiger charge is 2.45. The number of hydrogen-bond acceptors (Lipinski definition) is 4. The van der Waals surface area contributed by atoms with E-state index < -0.39 is 5.41 Å². The molecule has 0 bridgehead atoms. The first-order valence-corrected chi connectivity index (χ1v) is 10.4. The van der Waals surface area contributed by atoms with Gasteiger partial charge in [0.25, 0.3) is 0 Å². The molecule has 1 aliphatic heterocycles. The molecule has 2 amide bonds. The second kappa shape index (κ2) is 8.44. The molecule has 30 heavy (non-hydrogen) atoms. The van der Waals surface area contributed by atoms with Crippen LogP contribution in [0.4, 0.5) is 5.69 Å². The Morgan fingerprint density at radius 3 is 2.53 bits per heavy atom. The minimum atomic E-state index is -0.857. The van der Waals surface area contributed by atoms with Crippen molar-refractivity contribution in [2.45, 2.75) is 46.3 Å². The Bertz CT molecular complexity index is 954. The maximum Gasteiger partial charge on any atom is 0.228 e. The summed E-state index contributed by atoms with van der Waals surface area (Å²) in [4.78, 5) is 31.3. The second-order valence-corrected chi connectivity index (χ2v) is 9.62. The molecule has 1 aromatic carbocycles. The lowest BCUT2D eigenvalue weighted by atomic mass is 9.88. The summed E-state index contributed by atoms with van der Waals surface area (Å²) in [6, 6.07) is 8.56. The molecule has 8 heteroatoms. The van der Waals surface area contributed by atoms with Gasteiger partial charge in [0.05, 0.1) is 5.41 Å². The van der Waals surface area contributed by atoms with Crippen LogP contribution in [0.3, 0.4) is 0 Å². The number of aromatic nitrogens is 1. The molecule has 1 N–H and O–H groups in total. The van der Waals surface area contributed by atoms with E-state index in [4.69, 9.17) is 27.9 Å². The fraction of sp³-hybridized carbons (Fsp3) is 0.409. The molecule has 2 heterocycles. The predicted octanol–water partition coefficient (Wildman–Crippen LogP) is 4.63. The molecule has 1 unspecified atom stereocenters. The molecule has 0 radical (unpaired) electrons. The number of hydrogen-bond donors (Lipinski definition) is 1. The summed E-state index contributed by atoms with van der Waals surface area (Å²) in [7, 11) is 0. The highest BCUT2D eigenvalue weighted by Crippen LogP contribution is 2.36. The number of carbonyl (C=O) groups excluding carboxylic acids is 2. The number of carbonyl (C=O) groups is 2. The van der Waals surface area contributed by atoms with Crippen molar-refractivity contribution in [3.8, 4) is 5.88 Å². The molecule has 0 saturated carbocycles. The standard InChI is InChI=1S/C22H25Cl2N3O3/c1-21(2,3)30-18-7-14(5-6-25-18)12-26-20(29)22(4)11-19(28)27(13-22)17-9-15(23)8-16(24)10-17/h5-10H,11-13H2,1-4H3,(H,26,29). The van der Waals surface area contributed by atoms with E-state index in [1.165, 1.54) is 0 Å². The predicted molar refractivity (Wildman–Crippen MR) is 118 cm³/mol. The van der Waals surface area contributed by atoms with E-state index in [1.54, 1.807) is 42.3 Å². The van der Waals surface area contributed by atoms with Crippen molar-refractivity contribution in [1.29, 1.82) is 0 Å². The van der Waals surface area contributed by atoms with Crippen LogP contribution >= 0.6 is 23.2 Å². The zero-order chi connectivity index (χ0) is 22.1. The van der Waals surface area contributed by atoms with Crippen LogP contribution in [0.5, 0.6) is 5.88 Å². The minimum Gasteiger partial charge on any atom is -0.472 e. The number of benzene rings is 1. The fourth-order valence-corrected chi connectivity index (χ4v) is 3.84. The van der Waals surface area contributed by atoms with Gasteiger partial charge in [-0.05, 0) is 57.5 Å². The summed E-state index contributed by atoms with van der Waals surface area (Å²) in [6.07, 6.45) is 1.76. The maximum atomic E-state index is 12.9. The molecule has 160 valence electrons. The molecule has 1 aliphatic rings. The molecule has 1 aromatic heterocycles. The van der Waals surface area contributed by atoms with Gasteiger partial charge < -0.3 is 15.0 Å². The third-order valence-electron chi connectivity index (χ3n) is 4.72. The summed E-state index contributed by atoms with van der Waals surface area (Å²) in [6.45, 7) is 8.19. The number of rotatable bonds is 5. The summed E-state index contributed by atoms with van der Waals surface area (Å²) in [5.41, 5.74) is 0.235. The number of anilines is 1. The van der Waals surface area contributed by atoms with Gasteiger partial charge in [0.2, 0.25) is 17.7 Å². The third kappa shape index (κ3) is 5.43. The van der Waals surface area contributed by atoms with Crippen molar-refractivity contribution in [1.82, 2.24) is 10.3 Å².